The number of nitrogens with two attached hydrogens (primary N) is 2. The normalized spacial score (nSPS) is 14.9. The number of nitrogens with one attached hydrogen (secondary N) is 2. The lowest BCUT2D eigenvalue weighted by Crippen LogP contribution is -2.57. The molecular formula is C46H50N8O14. The van der Waals surface area contributed by atoms with Gasteiger partial charge in [-0.15, -0.1) is 0 Å². The van der Waals surface area contributed by atoms with Crippen LogP contribution in [0.15, 0.2) is 84.9 Å². The molecule has 22 nitrogen and oxygen atoms in total. The van der Waals surface area contributed by atoms with Gasteiger partial charge in [-0.1, -0.05) is 12.1 Å². The van der Waals surface area contributed by atoms with E-state index in [4.69, 9.17) is 39.9 Å². The highest BCUT2D eigenvalue weighted by molar-refractivity contribution is 6.30. The molecule has 2 fully saturated rings. The molecule has 6 N–H and O–H groups in total. The van der Waals surface area contributed by atoms with Gasteiger partial charge in [0.2, 0.25) is 24.3 Å². The molecule has 22 heteroatoms. The summed E-state index contributed by atoms with van der Waals surface area (Å²) in [6.45, 7) is 0.104. The van der Waals surface area contributed by atoms with Crippen molar-refractivity contribution in [2.75, 3.05) is 91.4 Å². The van der Waals surface area contributed by atoms with Crippen molar-refractivity contribution in [3.05, 3.63) is 107 Å². The highest BCUT2D eigenvalue weighted by Crippen LogP contribution is 2.30. The number of rotatable bonds is 16. The fourth-order valence-electron chi connectivity index (χ4n) is 7.42. The third-order valence-corrected chi connectivity index (χ3v) is 11.0. The standard InChI is InChI=1S/C46H50N8O14/c1-63-33-13-11-29(25-35(33)65-3)41(59)51-15-19-53(20-16-51)43(39(57)49-31-9-5-7-27(23-31)37(47)55)67-45(61)46(62)68-44(40(58)50-32-10-6-8-28(24-32)38(48)56)54-21-17-52(18-22-54)42(60)30-12-14-34(64-2)36(26-30)66-4/h5-14,23-26,43-44H,15-22H2,1-4H3,(H2,47,55)(H2,48,56)(H,49,57)(H,50,58). The van der Waals surface area contributed by atoms with Gasteiger partial charge < -0.3 is 60.3 Å². The molecule has 0 aromatic heterocycles. The maximum atomic E-state index is 14.0. The number of methoxy groups -OCH3 is 4. The van der Waals surface area contributed by atoms with E-state index in [1.54, 1.807) is 24.3 Å². The molecule has 2 saturated heterocycles. The molecule has 0 spiro atoms. The molecular weight excluding hydrogens is 889 g/mol. The fourth-order valence-corrected chi connectivity index (χ4v) is 7.42. The van der Waals surface area contributed by atoms with Crippen LogP contribution in [-0.4, -0.2) is 160 Å². The quantitative estimate of drug-likeness (QED) is 0.0906. The topological polar surface area (TPSA) is 281 Å². The summed E-state index contributed by atoms with van der Waals surface area (Å²) in [6, 6.07) is 20.7. The van der Waals surface area contributed by atoms with Gasteiger partial charge in [0.15, 0.2) is 23.0 Å². The van der Waals surface area contributed by atoms with Gasteiger partial charge in [-0.05, 0) is 72.8 Å². The summed E-state index contributed by atoms with van der Waals surface area (Å²) in [4.78, 5) is 112. The van der Waals surface area contributed by atoms with Crippen LogP contribution in [0.2, 0.25) is 0 Å². The SMILES string of the molecule is COc1ccc(C(=O)N2CCN(C(OC(=O)C(=O)OC(C(=O)Nc3cccc(C(N)=O)c3)N3CCN(C(=O)c4ccc(OC)c(OC)c4)CC3)C(=O)Nc3cccc(C(N)=O)c3)CC2)cc1OC. The number of piperazine rings is 2. The monoisotopic (exact) mass is 938 g/mol. The van der Waals surface area contributed by atoms with Crippen molar-refractivity contribution in [2.45, 2.75) is 12.5 Å². The highest BCUT2D eigenvalue weighted by Gasteiger charge is 2.40. The number of hydrogen-bond acceptors (Lipinski definition) is 16. The first kappa shape index (κ1) is 49.2. The van der Waals surface area contributed by atoms with Crippen LogP contribution in [0, 0.1) is 0 Å². The van der Waals surface area contributed by atoms with Crippen LogP contribution in [0.5, 0.6) is 23.0 Å². The van der Waals surface area contributed by atoms with Crippen LogP contribution in [0.25, 0.3) is 0 Å². The second-order valence-electron chi connectivity index (χ2n) is 15.2. The Labute approximate surface area is 389 Å². The van der Waals surface area contributed by atoms with Crippen molar-refractivity contribution in [3.63, 3.8) is 0 Å². The van der Waals surface area contributed by atoms with Crippen molar-refractivity contribution >= 4 is 58.8 Å². The lowest BCUT2D eigenvalue weighted by Gasteiger charge is -2.38. The molecule has 2 aliphatic rings. The van der Waals surface area contributed by atoms with E-state index in [0.717, 1.165) is 0 Å². The first-order valence-electron chi connectivity index (χ1n) is 21.0. The van der Waals surface area contributed by atoms with Crippen LogP contribution in [0.4, 0.5) is 11.4 Å². The lowest BCUT2D eigenvalue weighted by molar-refractivity contribution is -0.188. The summed E-state index contributed by atoms with van der Waals surface area (Å²) in [5.41, 5.74) is 11.8. The van der Waals surface area contributed by atoms with E-state index in [9.17, 15) is 38.4 Å². The smallest absolute Gasteiger partial charge is 0.419 e. The maximum Gasteiger partial charge on any atom is 0.419 e. The zero-order chi connectivity index (χ0) is 49.1. The number of carbonyl (C=O) groups excluding carboxylic acids is 8. The second kappa shape index (κ2) is 22.3. The predicted molar refractivity (Wildman–Crippen MR) is 241 cm³/mol. The van der Waals surface area contributed by atoms with E-state index in [1.807, 2.05) is 0 Å². The largest absolute Gasteiger partial charge is 0.493 e. The number of primary amides is 2. The Morgan fingerprint density at radius 3 is 1.13 bits per heavy atom. The molecule has 2 atom stereocenters. The molecule has 0 saturated carbocycles. The first-order valence-corrected chi connectivity index (χ1v) is 21.0. The van der Waals surface area contributed by atoms with Gasteiger partial charge in [-0.3, -0.25) is 38.6 Å². The Hall–Kier alpha value is -8.24. The molecule has 2 unspecified atom stereocenters. The van der Waals surface area contributed by atoms with Gasteiger partial charge in [0.1, 0.15) is 0 Å². The van der Waals surface area contributed by atoms with Crippen LogP contribution in [-0.2, 0) is 28.7 Å². The van der Waals surface area contributed by atoms with Crippen molar-refractivity contribution in [2.24, 2.45) is 11.5 Å². The zero-order valence-electron chi connectivity index (χ0n) is 37.6. The van der Waals surface area contributed by atoms with Crippen molar-refractivity contribution in [1.82, 2.24) is 19.6 Å². The van der Waals surface area contributed by atoms with Crippen molar-refractivity contribution in [1.29, 1.82) is 0 Å². The zero-order valence-corrected chi connectivity index (χ0v) is 37.6. The minimum atomic E-state index is -1.81. The summed E-state index contributed by atoms with van der Waals surface area (Å²) in [5, 5.41) is 5.15. The molecule has 68 heavy (non-hydrogen) atoms. The van der Waals surface area contributed by atoms with Gasteiger partial charge in [-0.25, -0.2) is 9.59 Å². The molecule has 0 bridgehead atoms. The van der Waals surface area contributed by atoms with Crippen molar-refractivity contribution in [3.8, 4) is 23.0 Å². The number of carbonyl (C=O) groups is 8. The molecule has 0 radical (unpaired) electrons. The number of esters is 2. The Balaban J connectivity index is 1.20. The molecule has 0 aliphatic carbocycles. The molecule has 4 aromatic carbocycles. The minimum absolute atomic E-state index is 0.0253. The predicted octanol–water partition coefficient (Wildman–Crippen LogP) is 1.15. The Kier molecular flexibility index (Phi) is 16.1. The van der Waals surface area contributed by atoms with Gasteiger partial charge in [0.25, 0.3) is 23.6 Å². The molecule has 6 amide bonds. The summed E-state index contributed by atoms with van der Waals surface area (Å²) in [5.74, 6) is -5.91. The van der Waals surface area contributed by atoms with Gasteiger partial charge in [-0.2, -0.15) is 0 Å². The number of benzene rings is 4. The van der Waals surface area contributed by atoms with Gasteiger partial charge >= 0.3 is 11.9 Å². The Morgan fingerprint density at radius 1 is 0.456 bits per heavy atom. The fraction of sp³-hybridized carbons (Fsp3) is 0.304. The van der Waals surface area contributed by atoms with Crippen molar-refractivity contribution < 1.29 is 66.8 Å². The molecule has 2 heterocycles. The van der Waals surface area contributed by atoms with Gasteiger partial charge in [0.05, 0.1) is 28.4 Å². The highest BCUT2D eigenvalue weighted by atomic mass is 16.6. The van der Waals surface area contributed by atoms with E-state index in [2.05, 4.69) is 10.6 Å². The van der Waals surface area contributed by atoms with Crippen LogP contribution < -0.4 is 41.0 Å². The van der Waals surface area contributed by atoms with Crippen LogP contribution >= 0.6 is 0 Å². The summed E-state index contributed by atoms with van der Waals surface area (Å²) in [6.07, 6.45) is -3.61. The van der Waals surface area contributed by atoms with Crippen LogP contribution in [0.3, 0.4) is 0 Å². The number of nitrogens with zero attached hydrogens (tertiary/aromatic N) is 4. The molecule has 4 aromatic rings. The average Bonchev–Trinajstić information content (AvgIpc) is 3.36. The summed E-state index contributed by atoms with van der Waals surface area (Å²) >= 11 is 0. The molecule has 358 valence electrons. The third-order valence-electron chi connectivity index (χ3n) is 11.0. The van der Waals surface area contributed by atoms with E-state index in [-0.39, 0.29) is 86.7 Å². The minimum Gasteiger partial charge on any atom is -0.493 e. The number of hydrogen-bond donors (Lipinski definition) is 4. The summed E-state index contributed by atoms with van der Waals surface area (Å²) < 4.78 is 32.4. The van der Waals surface area contributed by atoms with E-state index < -0.39 is 48.0 Å². The summed E-state index contributed by atoms with van der Waals surface area (Å²) in [7, 11) is 5.80. The first-order chi connectivity index (χ1) is 32.6. The molecule has 6 rings (SSSR count). The van der Waals surface area contributed by atoms with E-state index in [0.29, 0.717) is 34.1 Å². The Morgan fingerprint density at radius 2 is 0.809 bits per heavy atom. The second-order valence-corrected chi connectivity index (χ2v) is 15.2. The lowest BCUT2D eigenvalue weighted by atomic mass is 10.1. The number of anilines is 2. The van der Waals surface area contributed by atoms with Gasteiger partial charge in [0, 0.05) is 86.0 Å². The van der Waals surface area contributed by atoms with E-state index >= 15 is 0 Å². The Bertz CT molecular complexity index is 2400. The number of ether oxygens (including phenoxy) is 6. The van der Waals surface area contributed by atoms with Crippen LogP contribution in [0.1, 0.15) is 41.4 Å². The van der Waals surface area contributed by atoms with E-state index in [1.165, 1.54) is 109 Å². The maximum absolute atomic E-state index is 14.0. The molecule has 2 aliphatic heterocycles. The third kappa shape index (κ3) is 11.8. The average molecular weight is 939 g/mol. The number of amides is 6.